The van der Waals surface area contributed by atoms with Crippen molar-refractivity contribution in [2.45, 2.75) is 19.8 Å². The topological polar surface area (TPSA) is 86.5 Å². The third-order valence-electron chi connectivity index (χ3n) is 3.06. The molecule has 1 aromatic carbocycles. The number of rotatable bonds is 5. The summed E-state index contributed by atoms with van der Waals surface area (Å²) in [5.74, 6) is 2.24. The van der Waals surface area contributed by atoms with E-state index in [1.54, 1.807) is 6.92 Å². The minimum Gasteiger partial charge on any atom is -0.454 e. The number of ether oxygens (including phenoxy) is 2. The Bertz CT molecular complexity index is 653. The Morgan fingerprint density at radius 1 is 1.33 bits per heavy atom. The number of aryl methyl sites for hydroxylation is 1. The van der Waals surface area contributed by atoms with Gasteiger partial charge in [0.05, 0.1) is 6.42 Å². The third-order valence-corrected chi connectivity index (χ3v) is 3.06. The van der Waals surface area contributed by atoms with Crippen LogP contribution >= 0.6 is 0 Å². The molecule has 3 rings (SSSR count). The lowest BCUT2D eigenvalue weighted by Gasteiger charge is -2.05. The van der Waals surface area contributed by atoms with Crippen LogP contribution in [0.3, 0.4) is 0 Å². The summed E-state index contributed by atoms with van der Waals surface area (Å²) < 4.78 is 15.4. The van der Waals surface area contributed by atoms with Crippen LogP contribution in [0.4, 0.5) is 0 Å². The molecule has 7 heteroatoms. The van der Waals surface area contributed by atoms with E-state index in [2.05, 4.69) is 15.5 Å². The molecule has 1 aliphatic heterocycles. The van der Waals surface area contributed by atoms with Gasteiger partial charge in [-0.25, -0.2) is 0 Å². The van der Waals surface area contributed by atoms with E-state index in [0.717, 1.165) is 17.1 Å². The van der Waals surface area contributed by atoms with Crippen LogP contribution in [0, 0.1) is 6.92 Å². The molecular weight excluding hydrogens is 274 g/mol. The number of benzene rings is 1. The molecule has 0 saturated heterocycles. The molecule has 21 heavy (non-hydrogen) atoms. The molecule has 1 aromatic heterocycles. The monoisotopic (exact) mass is 289 g/mol. The average molecular weight is 289 g/mol. The van der Waals surface area contributed by atoms with Crippen molar-refractivity contribution >= 4 is 5.91 Å². The number of carbonyl (C=O) groups excluding carboxylic acids is 1. The molecule has 2 aromatic rings. The number of amides is 1. The van der Waals surface area contributed by atoms with E-state index in [0.29, 0.717) is 24.7 Å². The highest BCUT2D eigenvalue weighted by Gasteiger charge is 2.13. The van der Waals surface area contributed by atoms with Crippen molar-refractivity contribution in [1.29, 1.82) is 0 Å². The zero-order chi connectivity index (χ0) is 14.7. The van der Waals surface area contributed by atoms with E-state index in [1.165, 1.54) is 0 Å². The molecule has 2 heterocycles. The Balaban J connectivity index is 1.46. The molecular formula is C14H15N3O4. The van der Waals surface area contributed by atoms with Gasteiger partial charge in [0, 0.05) is 13.5 Å². The van der Waals surface area contributed by atoms with Gasteiger partial charge in [0.1, 0.15) is 0 Å². The quantitative estimate of drug-likeness (QED) is 0.884. The van der Waals surface area contributed by atoms with Crippen molar-refractivity contribution < 1.29 is 18.8 Å². The summed E-state index contributed by atoms with van der Waals surface area (Å²) in [5, 5.41) is 6.51. The van der Waals surface area contributed by atoms with Crippen molar-refractivity contribution in [1.82, 2.24) is 15.5 Å². The number of aromatic nitrogens is 2. The molecule has 110 valence electrons. The fraction of sp³-hybridized carbons (Fsp3) is 0.357. The molecule has 1 N–H and O–H groups in total. The molecule has 0 bridgehead atoms. The first-order valence-electron chi connectivity index (χ1n) is 6.65. The van der Waals surface area contributed by atoms with E-state index < -0.39 is 0 Å². The molecule has 0 radical (unpaired) electrons. The van der Waals surface area contributed by atoms with Gasteiger partial charge >= 0.3 is 0 Å². The summed E-state index contributed by atoms with van der Waals surface area (Å²) in [4.78, 5) is 15.7. The summed E-state index contributed by atoms with van der Waals surface area (Å²) in [6, 6.07) is 5.76. The van der Waals surface area contributed by atoms with Gasteiger partial charge in [-0.15, -0.1) is 0 Å². The first-order valence-corrected chi connectivity index (χ1v) is 6.65. The van der Waals surface area contributed by atoms with Gasteiger partial charge in [0.15, 0.2) is 17.3 Å². The summed E-state index contributed by atoms with van der Waals surface area (Å²) >= 11 is 0. The standard InChI is InChI=1S/C14H15N3O4/c1-9-16-13(17-21-9)7-14(18)15-5-4-10-2-3-11-12(6-10)20-8-19-11/h2-3,6H,4-5,7-8H2,1H3,(H,15,18). The van der Waals surface area contributed by atoms with Crippen LogP contribution in [0.25, 0.3) is 0 Å². The fourth-order valence-electron chi connectivity index (χ4n) is 2.06. The summed E-state index contributed by atoms with van der Waals surface area (Å²) in [7, 11) is 0. The van der Waals surface area contributed by atoms with Crippen LogP contribution in [0.1, 0.15) is 17.3 Å². The van der Waals surface area contributed by atoms with Crippen molar-refractivity contribution in [3.63, 3.8) is 0 Å². The molecule has 0 spiro atoms. The number of carbonyl (C=O) groups is 1. The summed E-state index contributed by atoms with van der Waals surface area (Å²) in [6.07, 6.45) is 0.839. The maximum Gasteiger partial charge on any atom is 0.231 e. The zero-order valence-electron chi connectivity index (χ0n) is 11.6. The van der Waals surface area contributed by atoms with Gasteiger partial charge in [0.25, 0.3) is 0 Å². The SMILES string of the molecule is Cc1nc(CC(=O)NCCc2ccc3c(c2)OCO3)no1. The van der Waals surface area contributed by atoms with Crippen molar-refractivity contribution in [2.75, 3.05) is 13.3 Å². The van der Waals surface area contributed by atoms with Gasteiger partial charge < -0.3 is 19.3 Å². The minimum atomic E-state index is -0.128. The van der Waals surface area contributed by atoms with Crippen molar-refractivity contribution in [2.24, 2.45) is 0 Å². The van der Waals surface area contributed by atoms with Crippen LogP contribution in [0.2, 0.25) is 0 Å². The number of nitrogens with one attached hydrogen (secondary N) is 1. The van der Waals surface area contributed by atoms with E-state index in [4.69, 9.17) is 14.0 Å². The maximum atomic E-state index is 11.7. The van der Waals surface area contributed by atoms with Crippen LogP contribution in [0.5, 0.6) is 11.5 Å². The van der Waals surface area contributed by atoms with Crippen molar-refractivity contribution in [3.05, 3.63) is 35.5 Å². The maximum absolute atomic E-state index is 11.7. The normalized spacial score (nSPS) is 12.4. The summed E-state index contributed by atoms with van der Waals surface area (Å²) in [5.41, 5.74) is 1.08. The van der Waals surface area contributed by atoms with Crippen LogP contribution in [-0.2, 0) is 17.6 Å². The first-order chi connectivity index (χ1) is 10.2. The van der Waals surface area contributed by atoms with E-state index in [1.807, 2.05) is 18.2 Å². The third kappa shape index (κ3) is 3.31. The predicted octanol–water partition coefficient (Wildman–Crippen LogP) is 1.01. The second-order valence-electron chi connectivity index (χ2n) is 4.69. The van der Waals surface area contributed by atoms with Crippen molar-refractivity contribution in [3.8, 4) is 11.5 Å². The molecule has 0 saturated carbocycles. The van der Waals surface area contributed by atoms with Gasteiger partial charge in [-0.05, 0) is 24.1 Å². The number of hydrogen-bond donors (Lipinski definition) is 1. The smallest absolute Gasteiger partial charge is 0.231 e. The minimum absolute atomic E-state index is 0.123. The van der Waals surface area contributed by atoms with Crippen LogP contribution in [-0.4, -0.2) is 29.4 Å². The predicted molar refractivity (Wildman–Crippen MR) is 72.0 cm³/mol. The molecule has 0 atom stereocenters. The lowest BCUT2D eigenvalue weighted by Crippen LogP contribution is -2.27. The Morgan fingerprint density at radius 3 is 3.00 bits per heavy atom. The number of fused-ring (bicyclic) bond motifs is 1. The molecule has 7 nitrogen and oxygen atoms in total. The second-order valence-corrected chi connectivity index (χ2v) is 4.69. The van der Waals surface area contributed by atoms with Gasteiger partial charge in [0.2, 0.25) is 18.6 Å². The molecule has 1 aliphatic rings. The Kier molecular flexibility index (Phi) is 3.72. The Labute approximate surface area is 121 Å². The highest BCUT2D eigenvalue weighted by Crippen LogP contribution is 2.32. The molecule has 0 unspecified atom stereocenters. The lowest BCUT2D eigenvalue weighted by molar-refractivity contribution is -0.120. The van der Waals surface area contributed by atoms with Crippen LogP contribution < -0.4 is 14.8 Å². The highest BCUT2D eigenvalue weighted by molar-refractivity contribution is 5.77. The first kappa shape index (κ1) is 13.4. The van der Waals surface area contributed by atoms with Gasteiger partial charge in [-0.1, -0.05) is 11.2 Å². The Hall–Kier alpha value is -2.57. The fourth-order valence-corrected chi connectivity index (χ4v) is 2.06. The number of hydrogen-bond acceptors (Lipinski definition) is 6. The van der Waals surface area contributed by atoms with E-state index in [-0.39, 0.29) is 19.1 Å². The average Bonchev–Trinajstić information content (AvgIpc) is 3.07. The molecule has 0 fully saturated rings. The lowest BCUT2D eigenvalue weighted by atomic mass is 10.1. The van der Waals surface area contributed by atoms with E-state index >= 15 is 0 Å². The second kappa shape index (κ2) is 5.82. The number of nitrogens with zero attached hydrogens (tertiary/aromatic N) is 2. The van der Waals surface area contributed by atoms with Gasteiger partial charge in [-0.2, -0.15) is 4.98 Å². The molecule has 0 aliphatic carbocycles. The zero-order valence-corrected chi connectivity index (χ0v) is 11.6. The van der Waals surface area contributed by atoms with E-state index in [9.17, 15) is 4.79 Å². The van der Waals surface area contributed by atoms with Crippen LogP contribution in [0.15, 0.2) is 22.7 Å². The summed E-state index contributed by atoms with van der Waals surface area (Å²) in [6.45, 7) is 2.49. The van der Waals surface area contributed by atoms with Gasteiger partial charge in [-0.3, -0.25) is 4.79 Å². The Morgan fingerprint density at radius 2 is 2.19 bits per heavy atom. The highest BCUT2D eigenvalue weighted by atomic mass is 16.7. The largest absolute Gasteiger partial charge is 0.454 e. The molecule has 1 amide bonds.